The molecule has 2 N–H and O–H groups in total. The van der Waals surface area contributed by atoms with Crippen molar-refractivity contribution in [2.24, 2.45) is 5.92 Å². The van der Waals surface area contributed by atoms with E-state index in [-0.39, 0.29) is 18.4 Å². The summed E-state index contributed by atoms with van der Waals surface area (Å²) < 4.78 is 27.7. The fourth-order valence-electron chi connectivity index (χ4n) is 3.45. The molecular formula is C19H17F2N3O3. The van der Waals surface area contributed by atoms with Crippen molar-refractivity contribution < 1.29 is 23.8 Å². The lowest BCUT2D eigenvalue weighted by atomic mass is 9.76. The molecule has 0 aliphatic heterocycles. The van der Waals surface area contributed by atoms with Crippen LogP contribution in [0.2, 0.25) is 0 Å². The minimum atomic E-state index is -2.69. The van der Waals surface area contributed by atoms with Gasteiger partial charge in [-0.15, -0.1) is 0 Å². The van der Waals surface area contributed by atoms with E-state index < -0.39 is 23.9 Å². The van der Waals surface area contributed by atoms with Crippen molar-refractivity contribution in [2.75, 3.05) is 0 Å². The molecule has 1 fully saturated rings. The second-order valence-electron chi connectivity index (χ2n) is 6.96. The van der Waals surface area contributed by atoms with Crippen LogP contribution < -0.4 is 0 Å². The van der Waals surface area contributed by atoms with E-state index in [0.717, 1.165) is 0 Å². The number of aromatic carboxylic acids is 1. The van der Waals surface area contributed by atoms with E-state index in [9.17, 15) is 18.7 Å². The molecule has 1 saturated carbocycles. The molecule has 0 unspecified atom stereocenters. The Balaban J connectivity index is 1.68. The van der Waals surface area contributed by atoms with Crippen LogP contribution in [-0.4, -0.2) is 36.9 Å². The molecule has 2 aromatic heterocycles. The number of aryl methyl sites for hydroxylation is 1. The monoisotopic (exact) mass is 373 g/mol. The highest BCUT2D eigenvalue weighted by atomic mass is 19.3. The molecular weight excluding hydrogens is 356 g/mol. The van der Waals surface area contributed by atoms with Gasteiger partial charge in [-0.3, -0.25) is 0 Å². The predicted octanol–water partition coefficient (Wildman–Crippen LogP) is 3.51. The molecule has 4 rings (SSSR count). The Labute approximate surface area is 153 Å². The van der Waals surface area contributed by atoms with E-state index >= 15 is 0 Å². The first-order valence-corrected chi connectivity index (χ1v) is 8.50. The summed E-state index contributed by atoms with van der Waals surface area (Å²) in [6.07, 6.45) is -0.146. The van der Waals surface area contributed by atoms with Crippen LogP contribution in [0, 0.1) is 12.8 Å². The number of aliphatic hydroxyl groups is 1. The van der Waals surface area contributed by atoms with Crippen LogP contribution in [0.1, 0.15) is 40.6 Å². The van der Waals surface area contributed by atoms with Gasteiger partial charge in [0, 0.05) is 30.3 Å². The lowest BCUT2D eigenvalue weighted by Crippen LogP contribution is -2.38. The molecule has 8 heteroatoms. The molecule has 0 spiro atoms. The van der Waals surface area contributed by atoms with Crippen molar-refractivity contribution in [1.29, 1.82) is 0 Å². The maximum absolute atomic E-state index is 13.1. The summed E-state index contributed by atoms with van der Waals surface area (Å²) in [5.74, 6) is -4.17. The second kappa shape index (κ2) is 6.09. The van der Waals surface area contributed by atoms with Crippen molar-refractivity contribution in [2.45, 2.75) is 31.8 Å². The third-order valence-electron chi connectivity index (χ3n) is 5.00. The maximum Gasteiger partial charge on any atom is 0.335 e. The zero-order valence-corrected chi connectivity index (χ0v) is 14.4. The lowest BCUT2D eigenvalue weighted by molar-refractivity contribution is -0.142. The molecule has 2 heterocycles. The van der Waals surface area contributed by atoms with Crippen molar-refractivity contribution >= 4 is 17.0 Å². The number of carbonyl (C=O) groups is 1. The highest BCUT2D eigenvalue weighted by molar-refractivity contribution is 5.88. The number of alkyl halides is 2. The Hall–Kier alpha value is -2.87. The van der Waals surface area contributed by atoms with E-state index in [1.807, 2.05) is 0 Å². The summed E-state index contributed by atoms with van der Waals surface area (Å²) >= 11 is 0. The number of hydrogen-bond acceptors (Lipinski definition) is 4. The van der Waals surface area contributed by atoms with Gasteiger partial charge >= 0.3 is 5.97 Å². The largest absolute Gasteiger partial charge is 0.478 e. The third kappa shape index (κ3) is 3.06. The number of aliphatic hydroxyl groups excluding tert-OH is 1. The number of halogens is 2. The third-order valence-corrected chi connectivity index (χ3v) is 5.00. The highest BCUT2D eigenvalue weighted by Crippen LogP contribution is 2.48. The smallest absolute Gasteiger partial charge is 0.335 e. The number of carboxylic acids is 1. The van der Waals surface area contributed by atoms with E-state index in [2.05, 4.69) is 10.1 Å². The minimum Gasteiger partial charge on any atom is -0.478 e. The number of benzene rings is 1. The SMILES string of the molecule is Cc1nn(-c2ccc(C(=O)O)cc2)c2ncc([C@H](O)C3CC(F)(F)C3)cc12. The van der Waals surface area contributed by atoms with Gasteiger partial charge in [0.05, 0.1) is 23.0 Å². The zero-order valence-electron chi connectivity index (χ0n) is 14.4. The molecule has 0 amide bonds. The van der Waals surface area contributed by atoms with Crippen LogP contribution in [0.3, 0.4) is 0 Å². The fraction of sp³-hybridized carbons (Fsp3) is 0.316. The first-order valence-electron chi connectivity index (χ1n) is 8.50. The van der Waals surface area contributed by atoms with Crippen LogP contribution in [0.25, 0.3) is 16.7 Å². The number of carboxylic acid groups (broad SMARTS) is 1. The first kappa shape index (κ1) is 17.5. The van der Waals surface area contributed by atoms with Crippen molar-refractivity contribution in [3.05, 3.63) is 53.3 Å². The Morgan fingerprint density at radius 1 is 1.30 bits per heavy atom. The molecule has 1 aromatic carbocycles. The molecule has 1 aliphatic carbocycles. The minimum absolute atomic E-state index is 0.169. The van der Waals surface area contributed by atoms with Crippen LogP contribution in [-0.2, 0) is 0 Å². The van der Waals surface area contributed by atoms with Crippen molar-refractivity contribution in [1.82, 2.24) is 14.8 Å². The van der Waals surface area contributed by atoms with Crippen LogP contribution in [0.4, 0.5) is 8.78 Å². The van der Waals surface area contributed by atoms with E-state index in [1.165, 1.54) is 18.3 Å². The highest BCUT2D eigenvalue weighted by Gasteiger charge is 2.48. The normalized spacial score (nSPS) is 17.6. The Kier molecular flexibility index (Phi) is 3.96. The van der Waals surface area contributed by atoms with E-state index in [1.54, 1.807) is 29.8 Å². The molecule has 0 bridgehead atoms. The van der Waals surface area contributed by atoms with Gasteiger partial charge in [-0.25, -0.2) is 23.2 Å². The summed E-state index contributed by atoms with van der Waals surface area (Å²) in [6, 6.07) is 7.96. The zero-order chi connectivity index (χ0) is 19.3. The first-order chi connectivity index (χ1) is 12.7. The average molecular weight is 373 g/mol. The van der Waals surface area contributed by atoms with Crippen LogP contribution >= 0.6 is 0 Å². The molecule has 1 aliphatic rings. The van der Waals surface area contributed by atoms with Gasteiger partial charge in [-0.1, -0.05) is 0 Å². The second-order valence-corrected chi connectivity index (χ2v) is 6.96. The van der Waals surface area contributed by atoms with Gasteiger partial charge in [0.25, 0.3) is 0 Å². The Morgan fingerprint density at radius 3 is 2.56 bits per heavy atom. The molecule has 0 radical (unpaired) electrons. The lowest BCUT2D eigenvalue weighted by Gasteiger charge is -2.37. The summed E-state index contributed by atoms with van der Waals surface area (Å²) in [5.41, 5.74) is 2.53. The number of nitrogens with zero attached hydrogens (tertiary/aromatic N) is 3. The number of aromatic nitrogens is 3. The van der Waals surface area contributed by atoms with E-state index in [4.69, 9.17) is 5.11 Å². The van der Waals surface area contributed by atoms with Crippen molar-refractivity contribution in [3.63, 3.8) is 0 Å². The summed E-state index contributed by atoms with van der Waals surface area (Å²) in [4.78, 5) is 15.4. The predicted molar refractivity (Wildman–Crippen MR) is 93.2 cm³/mol. The maximum atomic E-state index is 13.1. The fourth-order valence-corrected chi connectivity index (χ4v) is 3.45. The average Bonchev–Trinajstić information content (AvgIpc) is 2.95. The van der Waals surface area contributed by atoms with Crippen LogP contribution in [0.5, 0.6) is 0 Å². The summed E-state index contributed by atoms with van der Waals surface area (Å²) in [7, 11) is 0. The molecule has 140 valence electrons. The van der Waals surface area contributed by atoms with E-state index in [0.29, 0.717) is 28.0 Å². The van der Waals surface area contributed by atoms with Gasteiger partial charge in [-0.2, -0.15) is 5.10 Å². The molecule has 27 heavy (non-hydrogen) atoms. The molecule has 1 atom stereocenters. The van der Waals surface area contributed by atoms with Gasteiger partial charge in [0.15, 0.2) is 5.65 Å². The van der Waals surface area contributed by atoms with Gasteiger partial charge < -0.3 is 10.2 Å². The molecule has 0 saturated heterocycles. The molecule has 3 aromatic rings. The number of rotatable bonds is 4. The quantitative estimate of drug-likeness (QED) is 0.731. The topological polar surface area (TPSA) is 88.2 Å². The standard InChI is InChI=1S/C19H17F2N3O3/c1-10-15-6-12(16(25)13-7-19(20,21)8-13)9-22-17(15)24(23-10)14-4-2-11(3-5-14)18(26)27/h2-6,9,13,16,25H,7-8H2,1H3,(H,26,27)/t16-/m0/s1. The summed E-state index contributed by atoms with van der Waals surface area (Å²) in [6.45, 7) is 1.79. The van der Waals surface area contributed by atoms with Gasteiger partial charge in [-0.05, 0) is 42.8 Å². The number of pyridine rings is 1. The molecule has 6 nitrogen and oxygen atoms in total. The van der Waals surface area contributed by atoms with Gasteiger partial charge in [0.1, 0.15) is 0 Å². The summed E-state index contributed by atoms with van der Waals surface area (Å²) in [5, 5.41) is 24.5. The number of hydrogen-bond donors (Lipinski definition) is 2. The van der Waals surface area contributed by atoms with Gasteiger partial charge in [0.2, 0.25) is 5.92 Å². The Morgan fingerprint density at radius 2 is 1.96 bits per heavy atom. The number of fused-ring (bicyclic) bond motifs is 1. The Bertz CT molecular complexity index is 1020. The van der Waals surface area contributed by atoms with Crippen LogP contribution in [0.15, 0.2) is 36.5 Å². The van der Waals surface area contributed by atoms with Crippen molar-refractivity contribution in [3.8, 4) is 5.69 Å².